The number of carbonyl (C=O) groups excluding carboxylic acids is 4. The zero-order chi connectivity index (χ0) is 23.9. The summed E-state index contributed by atoms with van der Waals surface area (Å²) in [5.41, 5.74) is 1.83. The molecule has 1 unspecified atom stereocenters. The van der Waals surface area contributed by atoms with E-state index in [2.05, 4.69) is 16.0 Å². The van der Waals surface area contributed by atoms with E-state index in [1.807, 2.05) is 0 Å². The molecule has 2 saturated heterocycles. The lowest BCUT2D eigenvalue weighted by molar-refractivity contribution is -0.137. The number of halogens is 1. The molecule has 3 aliphatic rings. The molecule has 35 heavy (non-hydrogen) atoms. The van der Waals surface area contributed by atoms with Crippen LogP contribution in [0.2, 0.25) is 0 Å². The summed E-state index contributed by atoms with van der Waals surface area (Å²) in [7, 11) is 0. The molecule has 0 bridgehead atoms. The van der Waals surface area contributed by atoms with Crippen molar-refractivity contribution in [2.45, 2.75) is 76.5 Å². The fourth-order valence-corrected chi connectivity index (χ4v) is 4.87. The fourth-order valence-electron chi connectivity index (χ4n) is 4.87. The van der Waals surface area contributed by atoms with Gasteiger partial charge in [0, 0.05) is 42.8 Å². The average Bonchev–Trinajstić information content (AvgIpc) is 3.16. The summed E-state index contributed by atoms with van der Waals surface area (Å²) in [6, 6.07) is 4.57. The summed E-state index contributed by atoms with van der Waals surface area (Å²) in [6.45, 7) is 3.10. The molecule has 2 fully saturated rings. The third-order valence-electron chi connectivity index (χ3n) is 6.79. The maximum Gasteiger partial charge on any atom is 0.255 e. The quantitative estimate of drug-likeness (QED) is 0.331. The molecular formula is C25H35ClN4O5. The minimum absolute atomic E-state index is 0. The Morgan fingerprint density at radius 3 is 2.60 bits per heavy atom. The van der Waals surface area contributed by atoms with Gasteiger partial charge in [0.2, 0.25) is 17.7 Å². The number of unbranched alkanes of at least 4 members (excludes halogenated alkanes) is 3. The second kappa shape index (κ2) is 13.0. The lowest BCUT2D eigenvalue weighted by atomic mass is 10.0. The third-order valence-corrected chi connectivity index (χ3v) is 6.79. The molecule has 0 saturated carbocycles. The van der Waals surface area contributed by atoms with Crippen molar-refractivity contribution in [3.63, 3.8) is 0 Å². The Bertz CT molecular complexity index is 934. The maximum absolute atomic E-state index is 12.9. The molecule has 192 valence electrons. The topological polar surface area (TPSA) is 117 Å². The standard InChI is InChI=1S/C25H34N4O5.ClH/c30-22(8-3-1-2-4-15-34-17-11-13-26-14-12-17)27-20-7-5-6-18-19(20)16-29(25(18)33)21-9-10-23(31)28-24(21)32;/h5-7,17,21,26H,1-4,8-16H2,(H,27,30)(H,28,31,32);1H. The van der Waals surface area contributed by atoms with Crippen molar-refractivity contribution in [1.82, 2.24) is 15.5 Å². The van der Waals surface area contributed by atoms with Gasteiger partial charge in [-0.2, -0.15) is 0 Å². The van der Waals surface area contributed by atoms with Crippen LogP contribution in [0.25, 0.3) is 0 Å². The summed E-state index contributed by atoms with van der Waals surface area (Å²) in [5, 5.41) is 8.59. The van der Waals surface area contributed by atoms with E-state index in [-0.39, 0.29) is 43.1 Å². The highest BCUT2D eigenvalue weighted by atomic mass is 35.5. The van der Waals surface area contributed by atoms with Gasteiger partial charge in [-0.1, -0.05) is 18.9 Å². The molecule has 3 N–H and O–H groups in total. The van der Waals surface area contributed by atoms with Gasteiger partial charge in [-0.25, -0.2) is 0 Å². The third kappa shape index (κ3) is 7.02. The van der Waals surface area contributed by atoms with E-state index in [4.69, 9.17) is 4.74 Å². The van der Waals surface area contributed by atoms with E-state index in [9.17, 15) is 19.2 Å². The molecule has 4 rings (SSSR count). The number of nitrogens with one attached hydrogen (secondary N) is 3. The summed E-state index contributed by atoms with van der Waals surface area (Å²) in [5.74, 6) is -1.07. The van der Waals surface area contributed by atoms with Crippen LogP contribution in [0.1, 0.15) is 73.7 Å². The maximum atomic E-state index is 12.9. The Labute approximate surface area is 212 Å². The number of nitrogens with zero attached hydrogens (tertiary/aromatic N) is 1. The fraction of sp³-hybridized carbons (Fsp3) is 0.600. The van der Waals surface area contributed by atoms with Crippen LogP contribution in [-0.4, -0.2) is 60.4 Å². The number of piperidine rings is 2. The summed E-state index contributed by atoms with van der Waals surface area (Å²) in [4.78, 5) is 50.6. The first kappa shape index (κ1) is 27.1. The van der Waals surface area contributed by atoms with Gasteiger partial charge in [0.15, 0.2) is 0 Å². The normalized spacial score (nSPS) is 20.3. The van der Waals surface area contributed by atoms with Gasteiger partial charge in [-0.05, 0) is 57.3 Å². The second-order valence-corrected chi connectivity index (χ2v) is 9.26. The predicted octanol–water partition coefficient (Wildman–Crippen LogP) is 2.53. The number of imide groups is 1. The predicted molar refractivity (Wildman–Crippen MR) is 133 cm³/mol. The molecule has 0 aromatic heterocycles. The molecule has 0 radical (unpaired) electrons. The highest BCUT2D eigenvalue weighted by Crippen LogP contribution is 2.32. The number of rotatable bonds is 10. The molecule has 3 aliphatic heterocycles. The molecule has 0 aliphatic carbocycles. The van der Waals surface area contributed by atoms with E-state index in [0.717, 1.165) is 63.8 Å². The molecular weight excluding hydrogens is 472 g/mol. The van der Waals surface area contributed by atoms with E-state index in [0.29, 0.717) is 30.2 Å². The van der Waals surface area contributed by atoms with Crippen LogP contribution in [-0.2, 0) is 25.7 Å². The Kier molecular flexibility index (Phi) is 10.1. The first-order chi connectivity index (χ1) is 16.5. The van der Waals surface area contributed by atoms with Crippen LogP contribution < -0.4 is 16.0 Å². The summed E-state index contributed by atoms with van der Waals surface area (Å²) < 4.78 is 5.91. The number of ether oxygens (including phenoxy) is 1. The monoisotopic (exact) mass is 506 g/mol. The van der Waals surface area contributed by atoms with Gasteiger partial charge in [-0.15, -0.1) is 12.4 Å². The zero-order valence-corrected chi connectivity index (χ0v) is 20.8. The van der Waals surface area contributed by atoms with E-state index in [1.165, 1.54) is 4.90 Å². The smallest absolute Gasteiger partial charge is 0.255 e. The van der Waals surface area contributed by atoms with Gasteiger partial charge < -0.3 is 20.3 Å². The number of hydrogen-bond acceptors (Lipinski definition) is 6. The molecule has 0 spiro atoms. The van der Waals surface area contributed by atoms with Gasteiger partial charge in [0.1, 0.15) is 6.04 Å². The Morgan fingerprint density at radius 1 is 1.06 bits per heavy atom. The first-order valence-corrected chi connectivity index (χ1v) is 12.4. The zero-order valence-electron chi connectivity index (χ0n) is 20.0. The second-order valence-electron chi connectivity index (χ2n) is 9.26. The van der Waals surface area contributed by atoms with E-state index >= 15 is 0 Å². The van der Waals surface area contributed by atoms with Crippen molar-refractivity contribution in [2.75, 3.05) is 25.0 Å². The van der Waals surface area contributed by atoms with Crippen LogP contribution >= 0.6 is 12.4 Å². The van der Waals surface area contributed by atoms with Crippen LogP contribution in [0.4, 0.5) is 5.69 Å². The molecule has 3 heterocycles. The van der Waals surface area contributed by atoms with Gasteiger partial charge in [-0.3, -0.25) is 24.5 Å². The molecule has 1 aromatic carbocycles. The van der Waals surface area contributed by atoms with Crippen LogP contribution in [0.5, 0.6) is 0 Å². The SMILES string of the molecule is Cl.O=C1CCC(N2Cc3c(NC(=O)CCCCCCOC4CCNCC4)cccc3C2=O)C(=O)N1. The number of amides is 4. The van der Waals surface area contributed by atoms with Gasteiger partial charge in [0.25, 0.3) is 5.91 Å². The Balaban J connectivity index is 0.00000342. The van der Waals surface area contributed by atoms with Crippen molar-refractivity contribution in [1.29, 1.82) is 0 Å². The lowest BCUT2D eigenvalue weighted by Gasteiger charge is -2.29. The largest absolute Gasteiger partial charge is 0.378 e. The van der Waals surface area contributed by atoms with Crippen LogP contribution in [0, 0.1) is 0 Å². The number of carbonyl (C=O) groups is 4. The Hall–Kier alpha value is -2.49. The van der Waals surface area contributed by atoms with Crippen molar-refractivity contribution < 1.29 is 23.9 Å². The number of hydrogen-bond donors (Lipinski definition) is 3. The minimum atomic E-state index is -0.667. The van der Waals surface area contributed by atoms with Crippen molar-refractivity contribution >= 4 is 41.7 Å². The number of benzene rings is 1. The molecule has 1 atom stereocenters. The van der Waals surface area contributed by atoms with E-state index < -0.39 is 11.9 Å². The number of fused-ring (bicyclic) bond motifs is 1. The molecule has 9 nitrogen and oxygen atoms in total. The highest BCUT2D eigenvalue weighted by Gasteiger charge is 2.39. The first-order valence-electron chi connectivity index (χ1n) is 12.4. The highest BCUT2D eigenvalue weighted by molar-refractivity contribution is 6.06. The Morgan fingerprint density at radius 2 is 1.83 bits per heavy atom. The lowest BCUT2D eigenvalue weighted by Crippen LogP contribution is -2.52. The van der Waals surface area contributed by atoms with Crippen LogP contribution in [0.15, 0.2) is 18.2 Å². The average molecular weight is 507 g/mol. The van der Waals surface area contributed by atoms with Gasteiger partial charge in [0.05, 0.1) is 6.10 Å². The van der Waals surface area contributed by atoms with Crippen molar-refractivity contribution in [3.8, 4) is 0 Å². The van der Waals surface area contributed by atoms with Crippen LogP contribution in [0.3, 0.4) is 0 Å². The summed E-state index contributed by atoms with van der Waals surface area (Å²) >= 11 is 0. The molecule has 1 aromatic rings. The van der Waals surface area contributed by atoms with Crippen molar-refractivity contribution in [3.05, 3.63) is 29.3 Å². The van der Waals surface area contributed by atoms with Gasteiger partial charge >= 0.3 is 0 Å². The number of anilines is 1. The molecule has 4 amide bonds. The van der Waals surface area contributed by atoms with E-state index in [1.54, 1.807) is 18.2 Å². The molecule has 10 heteroatoms. The van der Waals surface area contributed by atoms with Crippen molar-refractivity contribution in [2.24, 2.45) is 0 Å². The summed E-state index contributed by atoms with van der Waals surface area (Å²) in [6.07, 6.45) is 7.32. The minimum Gasteiger partial charge on any atom is -0.378 e.